The summed E-state index contributed by atoms with van der Waals surface area (Å²) < 4.78 is 19.5. The van der Waals surface area contributed by atoms with Crippen molar-refractivity contribution in [3.05, 3.63) is 57.7 Å². The second-order valence-electron chi connectivity index (χ2n) is 4.18. The van der Waals surface area contributed by atoms with E-state index in [9.17, 15) is 4.39 Å². The van der Waals surface area contributed by atoms with Crippen molar-refractivity contribution in [2.45, 2.75) is 25.8 Å². The van der Waals surface area contributed by atoms with Gasteiger partial charge in [-0.05, 0) is 46.1 Å². The normalized spacial score (nSPS) is 12.7. The number of hydrogen-bond donors (Lipinski definition) is 1. The van der Waals surface area contributed by atoms with E-state index in [-0.39, 0.29) is 11.9 Å². The molecule has 96 valence electrons. The summed E-state index contributed by atoms with van der Waals surface area (Å²) >= 11 is 3.24. The molecule has 0 aliphatic carbocycles. The third-order valence-corrected chi connectivity index (χ3v) is 3.76. The lowest BCUT2D eigenvalue weighted by molar-refractivity contribution is 0.434. The molecule has 2 aromatic rings. The zero-order chi connectivity index (χ0) is 13.1. The molecule has 1 aromatic heterocycles. The minimum Gasteiger partial charge on any atom is -0.464 e. The molecule has 1 aromatic carbocycles. The van der Waals surface area contributed by atoms with Crippen LogP contribution in [0.2, 0.25) is 0 Å². The van der Waals surface area contributed by atoms with E-state index in [2.05, 4.69) is 15.9 Å². The van der Waals surface area contributed by atoms with Crippen molar-refractivity contribution in [3.8, 4) is 0 Å². The van der Waals surface area contributed by atoms with Gasteiger partial charge in [0.15, 0.2) is 0 Å². The van der Waals surface area contributed by atoms with Gasteiger partial charge in [-0.25, -0.2) is 4.39 Å². The summed E-state index contributed by atoms with van der Waals surface area (Å²) in [5.41, 5.74) is 6.92. The lowest BCUT2D eigenvalue weighted by Crippen LogP contribution is -2.13. The summed E-state index contributed by atoms with van der Waals surface area (Å²) in [5, 5.41) is 0. The van der Waals surface area contributed by atoms with Crippen molar-refractivity contribution in [2.24, 2.45) is 5.73 Å². The Morgan fingerprint density at radius 2 is 2.11 bits per heavy atom. The summed E-state index contributed by atoms with van der Waals surface area (Å²) in [6, 6.07) is 8.51. The fraction of sp³-hybridized carbons (Fsp3) is 0.286. The van der Waals surface area contributed by atoms with Crippen molar-refractivity contribution < 1.29 is 8.81 Å². The van der Waals surface area contributed by atoms with Gasteiger partial charge in [-0.2, -0.15) is 0 Å². The molecular formula is C14H15BrFNO. The Kier molecular flexibility index (Phi) is 4.19. The second kappa shape index (κ2) is 5.67. The molecule has 0 amide bonds. The molecule has 0 saturated carbocycles. The molecule has 1 heterocycles. The zero-order valence-corrected chi connectivity index (χ0v) is 11.7. The maximum atomic E-state index is 13.4. The highest BCUT2D eigenvalue weighted by molar-refractivity contribution is 9.10. The van der Waals surface area contributed by atoms with Gasteiger partial charge in [0.1, 0.15) is 17.3 Å². The predicted molar refractivity (Wildman–Crippen MR) is 72.8 cm³/mol. The van der Waals surface area contributed by atoms with Gasteiger partial charge in [0.25, 0.3) is 0 Å². The minimum absolute atomic E-state index is 0.261. The number of aryl methyl sites for hydroxylation is 1. The van der Waals surface area contributed by atoms with Crippen LogP contribution >= 0.6 is 15.9 Å². The molecule has 1 atom stereocenters. The fourth-order valence-corrected chi connectivity index (χ4v) is 2.25. The van der Waals surface area contributed by atoms with E-state index in [0.29, 0.717) is 10.9 Å². The molecule has 2 nitrogen and oxygen atoms in total. The Morgan fingerprint density at radius 3 is 2.78 bits per heavy atom. The third kappa shape index (κ3) is 2.82. The Morgan fingerprint density at radius 1 is 1.33 bits per heavy atom. The van der Waals surface area contributed by atoms with Crippen molar-refractivity contribution in [1.29, 1.82) is 0 Å². The number of hydrogen-bond acceptors (Lipinski definition) is 2. The highest BCUT2D eigenvalue weighted by atomic mass is 79.9. The van der Waals surface area contributed by atoms with Crippen molar-refractivity contribution in [3.63, 3.8) is 0 Å². The lowest BCUT2D eigenvalue weighted by Gasteiger charge is -2.10. The van der Waals surface area contributed by atoms with Gasteiger partial charge in [0.2, 0.25) is 0 Å². The van der Waals surface area contributed by atoms with Crippen molar-refractivity contribution in [1.82, 2.24) is 0 Å². The highest BCUT2D eigenvalue weighted by Crippen LogP contribution is 2.25. The van der Waals surface area contributed by atoms with E-state index in [0.717, 1.165) is 23.5 Å². The number of rotatable bonds is 4. The van der Waals surface area contributed by atoms with Gasteiger partial charge >= 0.3 is 0 Å². The molecule has 2 rings (SSSR count). The Balaban J connectivity index is 2.15. The largest absolute Gasteiger partial charge is 0.464 e. The monoisotopic (exact) mass is 311 g/mol. The molecule has 18 heavy (non-hydrogen) atoms. The Hall–Kier alpha value is -1.13. The third-order valence-electron chi connectivity index (χ3n) is 2.87. The first-order valence-electron chi connectivity index (χ1n) is 5.89. The maximum absolute atomic E-state index is 13.4. The molecule has 4 heteroatoms. The topological polar surface area (TPSA) is 39.2 Å². The van der Waals surface area contributed by atoms with Crippen LogP contribution in [-0.2, 0) is 12.8 Å². The molecule has 1 unspecified atom stereocenters. The van der Waals surface area contributed by atoms with Crippen LogP contribution in [0.4, 0.5) is 4.39 Å². The summed E-state index contributed by atoms with van der Waals surface area (Å²) in [7, 11) is 0. The molecule has 0 spiro atoms. The number of nitrogens with two attached hydrogens (primary N) is 1. The molecule has 0 bridgehead atoms. The fourth-order valence-electron chi connectivity index (χ4n) is 1.83. The smallest absolute Gasteiger partial charge is 0.137 e. The van der Waals surface area contributed by atoms with Crippen LogP contribution < -0.4 is 5.73 Å². The van der Waals surface area contributed by atoms with Gasteiger partial charge in [-0.3, -0.25) is 0 Å². The highest BCUT2D eigenvalue weighted by Gasteiger charge is 2.14. The van der Waals surface area contributed by atoms with Crippen LogP contribution in [-0.4, -0.2) is 0 Å². The van der Waals surface area contributed by atoms with E-state index in [4.69, 9.17) is 10.2 Å². The number of halogens is 2. The molecular weight excluding hydrogens is 297 g/mol. The zero-order valence-electron chi connectivity index (χ0n) is 10.1. The first kappa shape index (κ1) is 13.3. The molecule has 0 fully saturated rings. The van der Waals surface area contributed by atoms with Crippen molar-refractivity contribution >= 4 is 15.9 Å². The lowest BCUT2D eigenvalue weighted by atomic mass is 10.0. The van der Waals surface area contributed by atoms with E-state index < -0.39 is 0 Å². The van der Waals surface area contributed by atoms with Gasteiger partial charge in [0.05, 0.1) is 10.5 Å². The molecule has 0 radical (unpaired) electrons. The summed E-state index contributed by atoms with van der Waals surface area (Å²) in [4.78, 5) is 0. The SMILES string of the molecule is CCc1ccc(C(N)Cc2cccc(F)c2Br)o1. The van der Waals surface area contributed by atoms with Gasteiger partial charge in [-0.15, -0.1) is 0 Å². The van der Waals surface area contributed by atoms with Gasteiger partial charge in [0, 0.05) is 6.42 Å². The maximum Gasteiger partial charge on any atom is 0.137 e. The van der Waals surface area contributed by atoms with Gasteiger partial charge in [-0.1, -0.05) is 19.1 Å². The van der Waals surface area contributed by atoms with Crippen LogP contribution in [0.5, 0.6) is 0 Å². The average molecular weight is 312 g/mol. The molecule has 2 N–H and O–H groups in total. The van der Waals surface area contributed by atoms with Crippen LogP contribution in [0.25, 0.3) is 0 Å². The summed E-state index contributed by atoms with van der Waals surface area (Å²) in [6.45, 7) is 2.03. The van der Waals surface area contributed by atoms with Crippen LogP contribution in [0.3, 0.4) is 0 Å². The standard InChI is InChI=1S/C14H15BrFNO/c1-2-10-6-7-13(18-10)12(17)8-9-4-3-5-11(16)14(9)15/h3-7,12H,2,8,17H2,1H3. The summed E-state index contributed by atoms with van der Waals surface area (Å²) in [6.07, 6.45) is 1.38. The average Bonchev–Trinajstić information content (AvgIpc) is 2.83. The predicted octanol–water partition coefficient (Wildman–Crippen LogP) is 3.99. The van der Waals surface area contributed by atoms with Gasteiger partial charge < -0.3 is 10.2 Å². The molecule has 0 aliphatic rings. The van der Waals surface area contributed by atoms with Crippen molar-refractivity contribution in [2.75, 3.05) is 0 Å². The summed E-state index contributed by atoms with van der Waals surface area (Å²) in [5.74, 6) is 1.38. The van der Waals surface area contributed by atoms with E-state index in [1.807, 2.05) is 25.1 Å². The van der Waals surface area contributed by atoms with E-state index >= 15 is 0 Å². The van der Waals surface area contributed by atoms with Crippen LogP contribution in [0, 0.1) is 5.82 Å². The van der Waals surface area contributed by atoms with E-state index in [1.54, 1.807) is 6.07 Å². The second-order valence-corrected chi connectivity index (χ2v) is 4.97. The first-order valence-corrected chi connectivity index (χ1v) is 6.68. The van der Waals surface area contributed by atoms with E-state index in [1.165, 1.54) is 6.07 Å². The Labute approximate surface area is 114 Å². The first-order chi connectivity index (χ1) is 8.61. The molecule has 0 saturated heterocycles. The Bertz CT molecular complexity index is 538. The quantitative estimate of drug-likeness (QED) is 0.927. The molecule has 0 aliphatic heterocycles. The minimum atomic E-state index is -0.270. The number of benzene rings is 1. The van der Waals surface area contributed by atoms with Crippen LogP contribution in [0.15, 0.2) is 39.2 Å². The van der Waals surface area contributed by atoms with Crippen LogP contribution in [0.1, 0.15) is 30.0 Å². The number of furan rings is 1.